The Hall–Kier alpha value is -2.08. The van der Waals surface area contributed by atoms with Gasteiger partial charge in [-0.05, 0) is 43.3 Å². The predicted molar refractivity (Wildman–Crippen MR) is 84.3 cm³/mol. The van der Waals surface area contributed by atoms with Gasteiger partial charge in [0.1, 0.15) is 4.88 Å². The highest BCUT2D eigenvalue weighted by Gasteiger charge is 2.27. The molecule has 1 fully saturated rings. The average molecular weight is 318 g/mol. The third kappa shape index (κ3) is 2.92. The molecule has 1 aliphatic heterocycles. The molecule has 3 heterocycles. The topological polar surface area (TPSA) is 51.5 Å². The second-order valence-electron chi connectivity index (χ2n) is 5.31. The van der Waals surface area contributed by atoms with E-state index in [9.17, 15) is 9.59 Å². The van der Waals surface area contributed by atoms with E-state index < -0.39 is 12.1 Å². The SMILES string of the molecule is CC(OC(=O)c1sccc1-n1cccc1)C(=O)N1CCCC1. The van der Waals surface area contributed by atoms with E-state index in [1.165, 1.54) is 11.3 Å². The van der Waals surface area contributed by atoms with Crippen molar-refractivity contribution in [1.29, 1.82) is 0 Å². The van der Waals surface area contributed by atoms with Gasteiger partial charge in [0.25, 0.3) is 5.91 Å². The normalized spacial score (nSPS) is 15.8. The van der Waals surface area contributed by atoms with E-state index >= 15 is 0 Å². The van der Waals surface area contributed by atoms with Crippen molar-refractivity contribution in [3.63, 3.8) is 0 Å². The number of aromatic nitrogens is 1. The number of carbonyl (C=O) groups excluding carboxylic acids is 2. The summed E-state index contributed by atoms with van der Waals surface area (Å²) in [7, 11) is 0. The van der Waals surface area contributed by atoms with Crippen LogP contribution in [-0.2, 0) is 9.53 Å². The molecular formula is C16H18N2O3S. The van der Waals surface area contributed by atoms with Crippen LogP contribution in [0.3, 0.4) is 0 Å². The Morgan fingerprint density at radius 1 is 1.23 bits per heavy atom. The number of likely N-dealkylation sites (tertiary alicyclic amines) is 1. The highest BCUT2D eigenvalue weighted by Crippen LogP contribution is 2.23. The van der Waals surface area contributed by atoms with Gasteiger partial charge in [-0.3, -0.25) is 4.79 Å². The van der Waals surface area contributed by atoms with Crippen LogP contribution in [-0.4, -0.2) is 40.5 Å². The first kappa shape index (κ1) is 14.8. The van der Waals surface area contributed by atoms with E-state index in [4.69, 9.17) is 4.74 Å². The van der Waals surface area contributed by atoms with Crippen LogP contribution in [0, 0.1) is 0 Å². The molecule has 22 heavy (non-hydrogen) atoms. The molecular weight excluding hydrogens is 300 g/mol. The molecule has 0 bridgehead atoms. The zero-order chi connectivity index (χ0) is 15.5. The Bertz CT molecular complexity index is 657. The summed E-state index contributed by atoms with van der Waals surface area (Å²) >= 11 is 1.32. The fourth-order valence-electron chi connectivity index (χ4n) is 2.61. The highest BCUT2D eigenvalue weighted by atomic mass is 32.1. The number of rotatable bonds is 4. The molecule has 0 spiro atoms. The van der Waals surface area contributed by atoms with Gasteiger partial charge in [-0.15, -0.1) is 11.3 Å². The molecule has 1 amide bonds. The number of thiophene rings is 1. The van der Waals surface area contributed by atoms with Crippen molar-refractivity contribution in [2.24, 2.45) is 0 Å². The van der Waals surface area contributed by atoms with Crippen molar-refractivity contribution in [2.45, 2.75) is 25.9 Å². The molecule has 0 saturated carbocycles. The Kier molecular flexibility index (Phi) is 4.29. The molecule has 0 aliphatic carbocycles. The van der Waals surface area contributed by atoms with Crippen LogP contribution in [0.5, 0.6) is 0 Å². The molecule has 1 aliphatic rings. The summed E-state index contributed by atoms with van der Waals surface area (Å²) in [6.45, 7) is 3.16. The lowest BCUT2D eigenvalue weighted by Gasteiger charge is -2.20. The van der Waals surface area contributed by atoms with Crippen molar-refractivity contribution in [2.75, 3.05) is 13.1 Å². The van der Waals surface area contributed by atoms with Crippen molar-refractivity contribution in [3.05, 3.63) is 40.8 Å². The van der Waals surface area contributed by atoms with E-state index in [2.05, 4.69) is 0 Å². The van der Waals surface area contributed by atoms with Crippen LogP contribution >= 0.6 is 11.3 Å². The summed E-state index contributed by atoms with van der Waals surface area (Å²) in [5.41, 5.74) is 0.779. The summed E-state index contributed by atoms with van der Waals surface area (Å²) < 4.78 is 7.24. The lowest BCUT2D eigenvalue weighted by Crippen LogP contribution is -2.38. The fraction of sp³-hybridized carbons (Fsp3) is 0.375. The van der Waals surface area contributed by atoms with Crippen LogP contribution in [0.1, 0.15) is 29.4 Å². The van der Waals surface area contributed by atoms with Crippen LogP contribution in [0.2, 0.25) is 0 Å². The van der Waals surface area contributed by atoms with Crippen LogP contribution in [0.15, 0.2) is 36.0 Å². The summed E-state index contributed by atoms with van der Waals surface area (Å²) in [5.74, 6) is -0.552. The van der Waals surface area contributed by atoms with Crippen LogP contribution < -0.4 is 0 Å². The highest BCUT2D eigenvalue weighted by molar-refractivity contribution is 7.12. The summed E-state index contributed by atoms with van der Waals surface area (Å²) in [6.07, 6.45) is 5.05. The van der Waals surface area contributed by atoms with Gasteiger partial charge in [0.2, 0.25) is 0 Å². The van der Waals surface area contributed by atoms with Gasteiger partial charge in [0.15, 0.2) is 6.10 Å². The summed E-state index contributed by atoms with van der Waals surface area (Å²) in [6, 6.07) is 5.66. The first-order valence-corrected chi connectivity index (χ1v) is 8.25. The quantitative estimate of drug-likeness (QED) is 0.815. The van der Waals surface area contributed by atoms with Gasteiger partial charge in [-0.2, -0.15) is 0 Å². The standard InChI is InChI=1S/C16H18N2O3S/c1-12(15(19)18-9-4-5-10-18)21-16(20)14-13(6-11-22-14)17-7-2-3-8-17/h2-3,6-8,11-12H,4-5,9-10H2,1H3. The first-order valence-electron chi connectivity index (χ1n) is 7.37. The second-order valence-corrected chi connectivity index (χ2v) is 6.22. The van der Waals surface area contributed by atoms with Crippen LogP contribution in [0.4, 0.5) is 0 Å². The summed E-state index contributed by atoms with van der Waals surface area (Å²) in [5, 5.41) is 1.85. The maximum absolute atomic E-state index is 12.4. The number of esters is 1. The number of carbonyl (C=O) groups is 2. The molecule has 5 nitrogen and oxygen atoms in total. The van der Waals surface area contributed by atoms with Gasteiger partial charge in [-0.25, -0.2) is 4.79 Å². The van der Waals surface area contributed by atoms with Gasteiger partial charge in [-0.1, -0.05) is 0 Å². The molecule has 2 aromatic heterocycles. The number of hydrogen-bond acceptors (Lipinski definition) is 4. The molecule has 1 saturated heterocycles. The maximum atomic E-state index is 12.4. The van der Waals surface area contributed by atoms with Gasteiger partial charge in [0.05, 0.1) is 5.69 Å². The van der Waals surface area contributed by atoms with Crippen molar-refractivity contribution >= 4 is 23.2 Å². The fourth-order valence-corrected chi connectivity index (χ4v) is 3.38. The zero-order valence-corrected chi connectivity index (χ0v) is 13.2. The Morgan fingerprint density at radius 3 is 2.59 bits per heavy atom. The monoisotopic (exact) mass is 318 g/mol. The average Bonchev–Trinajstić information content (AvgIpc) is 3.26. The minimum absolute atomic E-state index is 0.107. The van der Waals surface area contributed by atoms with Crippen LogP contribution in [0.25, 0.3) is 5.69 Å². The predicted octanol–water partition coefficient (Wildman–Crippen LogP) is 2.71. The Balaban J connectivity index is 1.70. The minimum Gasteiger partial charge on any atom is -0.448 e. The van der Waals surface area contributed by atoms with Crippen molar-refractivity contribution in [3.8, 4) is 5.69 Å². The molecule has 0 N–H and O–H groups in total. The van der Waals surface area contributed by atoms with E-state index in [-0.39, 0.29) is 5.91 Å². The molecule has 116 valence electrons. The second kappa shape index (κ2) is 6.36. The Labute approximate surface area is 133 Å². The molecule has 1 atom stereocenters. The van der Waals surface area contributed by atoms with Gasteiger partial charge in [0, 0.05) is 25.5 Å². The number of nitrogens with zero attached hydrogens (tertiary/aromatic N) is 2. The van der Waals surface area contributed by atoms with Crippen molar-refractivity contribution < 1.29 is 14.3 Å². The number of hydrogen-bond donors (Lipinski definition) is 0. The third-order valence-corrected chi connectivity index (χ3v) is 4.65. The van der Waals surface area contributed by atoms with Gasteiger partial charge >= 0.3 is 5.97 Å². The van der Waals surface area contributed by atoms with E-state index in [1.54, 1.807) is 11.8 Å². The van der Waals surface area contributed by atoms with E-state index in [0.717, 1.165) is 31.6 Å². The largest absolute Gasteiger partial charge is 0.448 e. The maximum Gasteiger partial charge on any atom is 0.351 e. The molecule has 3 rings (SSSR count). The lowest BCUT2D eigenvalue weighted by atomic mass is 10.3. The van der Waals surface area contributed by atoms with Crippen molar-refractivity contribution in [1.82, 2.24) is 9.47 Å². The minimum atomic E-state index is -0.745. The molecule has 2 aromatic rings. The van der Waals surface area contributed by atoms with E-state index in [1.807, 2.05) is 40.5 Å². The molecule has 1 unspecified atom stereocenters. The lowest BCUT2D eigenvalue weighted by molar-refractivity contribution is -0.138. The first-order chi connectivity index (χ1) is 10.7. The zero-order valence-electron chi connectivity index (χ0n) is 12.4. The number of ether oxygens (including phenoxy) is 1. The smallest absolute Gasteiger partial charge is 0.351 e. The number of amides is 1. The van der Waals surface area contributed by atoms with Gasteiger partial charge < -0.3 is 14.2 Å². The molecule has 0 aromatic carbocycles. The molecule has 6 heteroatoms. The third-order valence-electron chi connectivity index (χ3n) is 3.76. The Morgan fingerprint density at radius 2 is 1.91 bits per heavy atom. The van der Waals surface area contributed by atoms with E-state index in [0.29, 0.717) is 4.88 Å². The summed E-state index contributed by atoms with van der Waals surface area (Å²) in [4.78, 5) is 26.8. The molecule has 0 radical (unpaired) electrons.